The van der Waals surface area contributed by atoms with Crippen molar-refractivity contribution in [1.82, 2.24) is 0 Å². The normalized spacial score (nSPS) is 14.5. The average Bonchev–Trinajstić information content (AvgIpc) is 1.35. The van der Waals surface area contributed by atoms with Gasteiger partial charge in [0.05, 0.1) is 0 Å². The SMILES string of the molecule is C[C@H](Cl)CCBr. The first-order chi connectivity index (χ1) is 2.77. The molecule has 0 fully saturated rings. The Morgan fingerprint density at radius 3 is 2.33 bits per heavy atom. The summed E-state index contributed by atoms with van der Waals surface area (Å²) in [6, 6.07) is 0. The van der Waals surface area contributed by atoms with E-state index in [0.29, 0.717) is 5.38 Å². The van der Waals surface area contributed by atoms with Crippen LogP contribution in [0.2, 0.25) is 0 Å². The van der Waals surface area contributed by atoms with Gasteiger partial charge in [0, 0.05) is 10.7 Å². The number of hydrogen-bond donors (Lipinski definition) is 0. The molecule has 0 nitrogen and oxygen atoms in total. The summed E-state index contributed by atoms with van der Waals surface area (Å²) in [6.07, 6.45) is 1.06. The third kappa shape index (κ3) is 4.77. The summed E-state index contributed by atoms with van der Waals surface area (Å²) in [5, 5.41) is 1.34. The van der Waals surface area contributed by atoms with Crippen molar-refractivity contribution in [2.45, 2.75) is 18.7 Å². The zero-order chi connectivity index (χ0) is 4.99. The Labute approximate surface area is 52.0 Å². The van der Waals surface area contributed by atoms with Crippen LogP contribution in [-0.2, 0) is 0 Å². The Hall–Kier alpha value is 0.770. The molecule has 0 saturated carbocycles. The van der Waals surface area contributed by atoms with Gasteiger partial charge in [0.2, 0.25) is 0 Å². The van der Waals surface area contributed by atoms with Crippen LogP contribution in [0, 0.1) is 0 Å². The fourth-order valence-corrected chi connectivity index (χ4v) is 1.21. The molecule has 1 atom stereocenters. The average molecular weight is 171 g/mol. The van der Waals surface area contributed by atoms with Crippen molar-refractivity contribution in [3.05, 3.63) is 0 Å². The molecule has 0 aliphatic heterocycles. The molecule has 0 saturated heterocycles. The van der Waals surface area contributed by atoms with E-state index >= 15 is 0 Å². The summed E-state index contributed by atoms with van der Waals surface area (Å²) in [4.78, 5) is 0. The molecule has 0 rings (SSSR count). The van der Waals surface area contributed by atoms with Crippen LogP contribution < -0.4 is 0 Å². The monoisotopic (exact) mass is 170 g/mol. The van der Waals surface area contributed by atoms with E-state index in [2.05, 4.69) is 15.9 Å². The van der Waals surface area contributed by atoms with Gasteiger partial charge in [-0.05, 0) is 13.3 Å². The van der Waals surface area contributed by atoms with Crippen LogP contribution in [-0.4, -0.2) is 10.7 Å². The Bertz CT molecular complexity index is 28.7. The zero-order valence-electron chi connectivity index (χ0n) is 3.75. The minimum Gasteiger partial charge on any atom is -0.123 e. The van der Waals surface area contributed by atoms with E-state index in [9.17, 15) is 0 Å². The Kier molecular flexibility index (Phi) is 4.45. The zero-order valence-corrected chi connectivity index (χ0v) is 6.09. The van der Waals surface area contributed by atoms with Crippen molar-refractivity contribution in [3.63, 3.8) is 0 Å². The quantitative estimate of drug-likeness (QED) is 0.560. The van der Waals surface area contributed by atoms with Gasteiger partial charge >= 0.3 is 0 Å². The van der Waals surface area contributed by atoms with Gasteiger partial charge in [-0.15, -0.1) is 11.6 Å². The molecule has 0 aromatic rings. The first kappa shape index (κ1) is 6.77. The highest BCUT2D eigenvalue weighted by molar-refractivity contribution is 9.09. The summed E-state index contributed by atoms with van der Waals surface area (Å²) in [7, 11) is 0. The molecule has 0 aliphatic carbocycles. The predicted molar refractivity (Wildman–Crippen MR) is 33.7 cm³/mol. The molecule has 0 spiro atoms. The van der Waals surface area contributed by atoms with E-state index < -0.39 is 0 Å². The maximum atomic E-state index is 5.55. The fraction of sp³-hybridized carbons (Fsp3) is 1.00. The number of halogens is 2. The van der Waals surface area contributed by atoms with E-state index in [1.54, 1.807) is 0 Å². The van der Waals surface area contributed by atoms with Crippen LogP contribution in [0.4, 0.5) is 0 Å². The third-order valence-corrected chi connectivity index (χ3v) is 1.18. The second-order valence-corrected chi connectivity index (χ2v) is 2.80. The van der Waals surface area contributed by atoms with Crippen molar-refractivity contribution in [1.29, 1.82) is 0 Å². The summed E-state index contributed by atoms with van der Waals surface area (Å²) >= 11 is 8.81. The van der Waals surface area contributed by atoms with Crippen molar-refractivity contribution in [3.8, 4) is 0 Å². The highest BCUT2D eigenvalue weighted by Gasteiger charge is 1.89. The third-order valence-electron chi connectivity index (χ3n) is 0.507. The highest BCUT2D eigenvalue weighted by Crippen LogP contribution is 2.00. The Balaban J connectivity index is 2.63. The Morgan fingerprint density at radius 2 is 2.33 bits per heavy atom. The molecular weight excluding hydrogens is 163 g/mol. The lowest BCUT2D eigenvalue weighted by molar-refractivity contribution is 0.911. The number of rotatable bonds is 2. The lowest BCUT2D eigenvalue weighted by atomic mass is 10.4. The predicted octanol–water partition coefficient (Wildman–Crippen LogP) is 2.40. The topological polar surface area (TPSA) is 0 Å². The summed E-state index contributed by atoms with van der Waals surface area (Å²) in [6.45, 7) is 1.99. The molecule has 0 aliphatic rings. The molecule has 0 aromatic carbocycles. The van der Waals surface area contributed by atoms with Crippen LogP contribution in [0.1, 0.15) is 13.3 Å². The first-order valence-corrected chi connectivity index (χ1v) is 3.53. The Morgan fingerprint density at radius 1 is 1.83 bits per heavy atom. The molecule has 0 bridgehead atoms. The summed E-state index contributed by atoms with van der Waals surface area (Å²) in [5.74, 6) is 0. The van der Waals surface area contributed by atoms with Crippen LogP contribution in [0.15, 0.2) is 0 Å². The van der Waals surface area contributed by atoms with Gasteiger partial charge < -0.3 is 0 Å². The van der Waals surface area contributed by atoms with E-state index in [0.717, 1.165) is 11.8 Å². The van der Waals surface area contributed by atoms with Gasteiger partial charge in [-0.3, -0.25) is 0 Å². The van der Waals surface area contributed by atoms with E-state index in [1.165, 1.54) is 0 Å². The van der Waals surface area contributed by atoms with Crippen LogP contribution in [0.25, 0.3) is 0 Å². The molecule has 6 heavy (non-hydrogen) atoms. The van der Waals surface area contributed by atoms with E-state index in [1.807, 2.05) is 6.92 Å². The van der Waals surface area contributed by atoms with Gasteiger partial charge in [0.15, 0.2) is 0 Å². The van der Waals surface area contributed by atoms with Crippen LogP contribution >= 0.6 is 27.5 Å². The molecule has 0 radical (unpaired) electrons. The van der Waals surface area contributed by atoms with Gasteiger partial charge in [-0.1, -0.05) is 15.9 Å². The second-order valence-electron chi connectivity index (χ2n) is 1.26. The first-order valence-electron chi connectivity index (χ1n) is 1.97. The van der Waals surface area contributed by atoms with Crippen molar-refractivity contribution in [2.75, 3.05) is 5.33 Å². The molecule has 38 valence electrons. The molecule has 0 aromatic heterocycles. The standard InChI is InChI=1S/C4H8BrCl/c1-4(6)2-3-5/h4H,2-3H2,1H3/t4-/m0/s1. The van der Waals surface area contributed by atoms with Gasteiger partial charge in [-0.25, -0.2) is 0 Å². The summed E-state index contributed by atoms with van der Waals surface area (Å²) in [5.41, 5.74) is 0. The number of alkyl halides is 2. The second kappa shape index (κ2) is 3.94. The van der Waals surface area contributed by atoms with Crippen LogP contribution in [0.3, 0.4) is 0 Å². The minimum atomic E-state index is 0.323. The maximum absolute atomic E-state index is 5.55. The van der Waals surface area contributed by atoms with Gasteiger partial charge in [0.25, 0.3) is 0 Å². The molecular formula is C4H8BrCl. The molecule has 0 unspecified atom stereocenters. The van der Waals surface area contributed by atoms with Gasteiger partial charge in [0.1, 0.15) is 0 Å². The molecule has 2 heteroatoms. The van der Waals surface area contributed by atoms with Crippen molar-refractivity contribution >= 4 is 27.5 Å². The smallest absolute Gasteiger partial charge is 0.0315 e. The van der Waals surface area contributed by atoms with Gasteiger partial charge in [-0.2, -0.15) is 0 Å². The minimum absolute atomic E-state index is 0.323. The van der Waals surface area contributed by atoms with Crippen molar-refractivity contribution in [2.24, 2.45) is 0 Å². The van der Waals surface area contributed by atoms with E-state index in [4.69, 9.17) is 11.6 Å². The lowest BCUT2D eigenvalue weighted by Crippen LogP contribution is -1.88. The molecule has 0 amide bonds. The largest absolute Gasteiger partial charge is 0.123 e. The number of hydrogen-bond acceptors (Lipinski definition) is 0. The molecule has 0 heterocycles. The van der Waals surface area contributed by atoms with Crippen molar-refractivity contribution < 1.29 is 0 Å². The summed E-state index contributed by atoms with van der Waals surface area (Å²) < 4.78 is 0. The van der Waals surface area contributed by atoms with E-state index in [-0.39, 0.29) is 0 Å². The maximum Gasteiger partial charge on any atom is 0.0315 e. The highest BCUT2D eigenvalue weighted by atomic mass is 79.9. The fourth-order valence-electron chi connectivity index (χ4n) is 0.150. The van der Waals surface area contributed by atoms with Crippen LogP contribution in [0.5, 0.6) is 0 Å². The molecule has 0 N–H and O–H groups in total. The lowest BCUT2D eigenvalue weighted by Gasteiger charge is -1.92.